The van der Waals surface area contributed by atoms with Crippen molar-refractivity contribution in [2.24, 2.45) is 5.92 Å². The van der Waals surface area contributed by atoms with Gasteiger partial charge in [-0.1, -0.05) is 11.6 Å². The average Bonchev–Trinajstić information content (AvgIpc) is 3.12. The van der Waals surface area contributed by atoms with Crippen LogP contribution < -0.4 is 15.0 Å². The van der Waals surface area contributed by atoms with Crippen molar-refractivity contribution in [1.29, 1.82) is 0 Å². The number of nitrogens with one attached hydrogen (secondary N) is 1. The first-order chi connectivity index (χ1) is 18.5. The zero-order chi connectivity index (χ0) is 27.9. The molecule has 3 saturated heterocycles. The zero-order valence-electron chi connectivity index (χ0n) is 22.5. The number of hydrogen-bond acceptors (Lipinski definition) is 7. The largest absolute Gasteiger partial charge is 0.463 e. The van der Waals surface area contributed by atoms with Crippen LogP contribution in [0.3, 0.4) is 0 Å². The summed E-state index contributed by atoms with van der Waals surface area (Å²) in [5, 5.41) is 3.79. The van der Waals surface area contributed by atoms with E-state index in [-0.39, 0.29) is 51.7 Å². The molecule has 0 aliphatic carbocycles. The molecule has 0 saturated carbocycles. The Morgan fingerprint density at radius 1 is 1.23 bits per heavy atom. The van der Waals surface area contributed by atoms with Crippen molar-refractivity contribution in [2.45, 2.75) is 76.7 Å². The van der Waals surface area contributed by atoms with E-state index >= 15 is 4.39 Å². The van der Waals surface area contributed by atoms with E-state index in [1.807, 2.05) is 25.7 Å². The number of fused-ring (bicyclic) bond motifs is 3. The van der Waals surface area contributed by atoms with Gasteiger partial charge in [-0.3, -0.25) is 4.90 Å². The molecule has 3 aliphatic rings. The number of piperazine rings is 1. The molecule has 2 unspecified atom stereocenters. The molecule has 1 aromatic carbocycles. The fourth-order valence-electron chi connectivity index (χ4n) is 5.81. The summed E-state index contributed by atoms with van der Waals surface area (Å²) in [6.07, 6.45) is 2.56. The van der Waals surface area contributed by atoms with E-state index in [4.69, 9.17) is 26.1 Å². The topological polar surface area (TPSA) is 79.8 Å². The lowest BCUT2D eigenvalue weighted by Gasteiger charge is -2.42. The van der Waals surface area contributed by atoms with Crippen LogP contribution in [-0.4, -0.2) is 77.6 Å². The summed E-state index contributed by atoms with van der Waals surface area (Å²) < 4.78 is 41.4. The highest BCUT2D eigenvalue weighted by molar-refractivity contribution is 9.10. The van der Waals surface area contributed by atoms with Gasteiger partial charge in [0.25, 0.3) is 0 Å². The minimum absolute atomic E-state index is 0.0138. The Labute approximate surface area is 240 Å². The summed E-state index contributed by atoms with van der Waals surface area (Å²) in [5.41, 5.74) is -0.488. The number of aromatic nitrogens is 2. The van der Waals surface area contributed by atoms with Crippen molar-refractivity contribution >= 4 is 50.3 Å². The van der Waals surface area contributed by atoms with Gasteiger partial charge in [0.05, 0.1) is 28.2 Å². The predicted molar refractivity (Wildman–Crippen MR) is 150 cm³/mol. The molecule has 2 bridgehead atoms. The summed E-state index contributed by atoms with van der Waals surface area (Å²) in [6, 6.07) is 1.58. The number of hydrogen-bond donors (Lipinski definition) is 1. The Hall–Kier alpha value is -1.98. The third-order valence-corrected chi connectivity index (χ3v) is 8.84. The van der Waals surface area contributed by atoms with Gasteiger partial charge >= 0.3 is 12.1 Å². The number of amides is 1. The summed E-state index contributed by atoms with van der Waals surface area (Å²) in [6.45, 7) is 7.95. The quantitative estimate of drug-likeness (QED) is 0.423. The number of ether oxygens (including phenoxy) is 2. The van der Waals surface area contributed by atoms with Gasteiger partial charge in [-0.2, -0.15) is 9.97 Å². The summed E-state index contributed by atoms with van der Waals surface area (Å²) in [7, 11) is 0. The molecule has 4 heterocycles. The van der Waals surface area contributed by atoms with Crippen LogP contribution in [0.1, 0.15) is 52.9 Å². The van der Waals surface area contributed by atoms with Crippen LogP contribution in [0.15, 0.2) is 10.5 Å². The zero-order valence-corrected chi connectivity index (χ0v) is 24.8. The van der Waals surface area contributed by atoms with Crippen molar-refractivity contribution in [3.05, 3.63) is 21.4 Å². The molecule has 8 nitrogen and oxygen atoms in total. The van der Waals surface area contributed by atoms with Crippen LogP contribution in [0.25, 0.3) is 10.9 Å². The monoisotopic (exact) mass is 629 g/mol. The van der Waals surface area contributed by atoms with Gasteiger partial charge in [0, 0.05) is 25.0 Å². The highest BCUT2D eigenvalue weighted by Gasteiger charge is 2.45. The first kappa shape index (κ1) is 28.5. The predicted octanol–water partition coefficient (Wildman–Crippen LogP) is 5.88. The fourth-order valence-corrected chi connectivity index (χ4v) is 6.31. The van der Waals surface area contributed by atoms with Crippen molar-refractivity contribution in [1.82, 2.24) is 20.2 Å². The Morgan fingerprint density at radius 3 is 2.64 bits per heavy atom. The van der Waals surface area contributed by atoms with E-state index < -0.39 is 17.6 Å². The van der Waals surface area contributed by atoms with Gasteiger partial charge in [-0.05, 0) is 87.3 Å². The molecule has 0 radical (unpaired) electrons. The SMILES string of the molecule is CC(C)(C)OC(=O)N1C2CCC1CN(c1nc(OC[C@@H]3CCCNC[C@H](F)C3)nc3c(F)c(Br)c(Cl)cc13)C2. The minimum atomic E-state index is -0.945. The second-order valence-electron chi connectivity index (χ2n) is 11.7. The number of carbonyl (C=O) groups is 1. The number of halogens is 4. The molecule has 4 atom stereocenters. The van der Waals surface area contributed by atoms with E-state index in [2.05, 4.69) is 31.1 Å². The van der Waals surface area contributed by atoms with Crippen LogP contribution in [-0.2, 0) is 4.74 Å². The lowest BCUT2D eigenvalue weighted by Crippen LogP contribution is -2.57. The van der Waals surface area contributed by atoms with Gasteiger partial charge in [0.1, 0.15) is 23.1 Å². The maximum Gasteiger partial charge on any atom is 0.410 e. The molecular formula is C27H35BrClF2N5O3. The number of anilines is 1. The number of alkyl halides is 1. The molecule has 39 heavy (non-hydrogen) atoms. The van der Waals surface area contributed by atoms with Crippen LogP contribution in [0.4, 0.5) is 19.4 Å². The summed E-state index contributed by atoms with van der Waals surface area (Å²) in [5.74, 6) is -0.0728. The summed E-state index contributed by atoms with van der Waals surface area (Å²) >= 11 is 9.56. The molecule has 214 valence electrons. The molecule has 1 N–H and O–H groups in total. The highest BCUT2D eigenvalue weighted by Crippen LogP contribution is 2.39. The van der Waals surface area contributed by atoms with E-state index in [0.717, 1.165) is 32.2 Å². The van der Waals surface area contributed by atoms with Crippen LogP contribution in [0.5, 0.6) is 6.01 Å². The van der Waals surface area contributed by atoms with Gasteiger partial charge in [0.15, 0.2) is 5.82 Å². The minimum Gasteiger partial charge on any atom is -0.463 e. The normalized spacial score (nSPS) is 25.9. The van der Waals surface area contributed by atoms with E-state index in [9.17, 15) is 9.18 Å². The van der Waals surface area contributed by atoms with Crippen molar-refractivity contribution in [3.8, 4) is 6.01 Å². The molecule has 1 aromatic heterocycles. The molecule has 2 aromatic rings. The van der Waals surface area contributed by atoms with Crippen molar-refractivity contribution < 1.29 is 23.0 Å². The smallest absolute Gasteiger partial charge is 0.410 e. The molecule has 3 fully saturated rings. The average molecular weight is 631 g/mol. The van der Waals surface area contributed by atoms with E-state index in [1.54, 1.807) is 6.07 Å². The maximum absolute atomic E-state index is 15.4. The van der Waals surface area contributed by atoms with Crippen LogP contribution >= 0.6 is 27.5 Å². The first-order valence-corrected chi connectivity index (χ1v) is 14.8. The number of carbonyl (C=O) groups excluding carboxylic acids is 1. The van der Waals surface area contributed by atoms with Gasteiger partial charge < -0.3 is 19.7 Å². The Balaban J connectivity index is 1.43. The number of rotatable bonds is 4. The lowest BCUT2D eigenvalue weighted by molar-refractivity contribution is 0.0123. The molecule has 5 rings (SSSR count). The second kappa shape index (κ2) is 11.5. The molecular weight excluding hydrogens is 596 g/mol. The summed E-state index contributed by atoms with van der Waals surface area (Å²) in [4.78, 5) is 26.0. The third kappa shape index (κ3) is 6.35. The third-order valence-electron chi connectivity index (χ3n) is 7.54. The van der Waals surface area contributed by atoms with Crippen LogP contribution in [0, 0.1) is 11.7 Å². The van der Waals surface area contributed by atoms with Crippen molar-refractivity contribution in [3.63, 3.8) is 0 Å². The second-order valence-corrected chi connectivity index (χ2v) is 12.9. The lowest BCUT2D eigenvalue weighted by atomic mass is 9.96. The highest BCUT2D eigenvalue weighted by atomic mass is 79.9. The maximum atomic E-state index is 15.4. The number of nitrogens with zero attached hydrogens (tertiary/aromatic N) is 4. The standard InChI is InChI=1S/C27H35BrClF2N5O3/c1-27(2,3)39-26(37)36-17-6-7-18(36)13-35(12-17)24-19-10-20(29)21(28)22(31)23(19)33-25(34-24)38-14-15-5-4-8-32-11-16(30)9-15/h10,15-18,32H,4-9,11-14H2,1-3H3/t15-,16-,17?,18?/m1/s1. The number of benzene rings is 1. The van der Waals surface area contributed by atoms with Gasteiger partial charge in [-0.15, -0.1) is 0 Å². The Kier molecular flexibility index (Phi) is 8.41. The fraction of sp³-hybridized carbons (Fsp3) is 0.667. The van der Waals surface area contributed by atoms with Gasteiger partial charge in [-0.25, -0.2) is 13.6 Å². The molecule has 12 heteroatoms. The van der Waals surface area contributed by atoms with Gasteiger partial charge in [0.2, 0.25) is 0 Å². The van der Waals surface area contributed by atoms with Crippen LogP contribution in [0.2, 0.25) is 5.02 Å². The molecule has 3 aliphatic heterocycles. The Morgan fingerprint density at radius 2 is 1.95 bits per heavy atom. The Bertz CT molecular complexity index is 1220. The van der Waals surface area contributed by atoms with E-state index in [0.29, 0.717) is 37.3 Å². The molecule has 1 amide bonds. The molecule has 0 spiro atoms. The van der Waals surface area contributed by atoms with E-state index in [1.165, 1.54) is 0 Å². The van der Waals surface area contributed by atoms with Crippen molar-refractivity contribution in [2.75, 3.05) is 37.7 Å². The first-order valence-electron chi connectivity index (χ1n) is 13.6.